The monoisotopic (exact) mass is 373 g/mol. The van der Waals surface area contributed by atoms with Gasteiger partial charge in [-0.1, -0.05) is 49.4 Å². The third-order valence-corrected chi connectivity index (χ3v) is 5.00. The minimum atomic E-state index is -1.32. The average molecular weight is 373 g/mol. The quantitative estimate of drug-likeness (QED) is 0.758. The lowest BCUT2D eigenvalue weighted by Gasteiger charge is -2.17. The first-order chi connectivity index (χ1) is 12.4. The van der Waals surface area contributed by atoms with Gasteiger partial charge in [0.2, 0.25) is 0 Å². The fourth-order valence-corrected chi connectivity index (χ4v) is 3.19. The van der Waals surface area contributed by atoms with Crippen molar-refractivity contribution in [3.05, 3.63) is 65.7 Å². The normalized spacial score (nSPS) is 14.1. The number of hydrogen-bond acceptors (Lipinski definition) is 4. The van der Waals surface area contributed by atoms with Crippen LogP contribution in [0, 0.1) is 0 Å². The minimum absolute atomic E-state index is 0.145. The highest BCUT2D eigenvalue weighted by Gasteiger charge is 2.22. The molecule has 6 heteroatoms. The number of hydrogen-bond donors (Lipinski definition) is 1. The number of esters is 1. The Labute approximate surface area is 156 Å². The maximum absolute atomic E-state index is 12.3. The van der Waals surface area contributed by atoms with Gasteiger partial charge >= 0.3 is 5.97 Å². The Morgan fingerprint density at radius 2 is 1.65 bits per heavy atom. The lowest BCUT2D eigenvalue weighted by atomic mass is 10.0. The van der Waals surface area contributed by atoms with Gasteiger partial charge in [-0.25, -0.2) is 4.79 Å². The van der Waals surface area contributed by atoms with E-state index in [2.05, 4.69) is 5.32 Å². The zero-order valence-electron chi connectivity index (χ0n) is 15.1. The van der Waals surface area contributed by atoms with Crippen LogP contribution in [-0.2, 0) is 20.3 Å². The van der Waals surface area contributed by atoms with Crippen LogP contribution in [0.4, 0.5) is 0 Å². The molecule has 0 radical (unpaired) electrons. The summed E-state index contributed by atoms with van der Waals surface area (Å²) >= 11 is 0. The highest BCUT2D eigenvalue weighted by molar-refractivity contribution is 7.84. The molecule has 0 aliphatic carbocycles. The van der Waals surface area contributed by atoms with Gasteiger partial charge in [0.05, 0.1) is 21.3 Å². The summed E-state index contributed by atoms with van der Waals surface area (Å²) in [6.45, 7) is 3.98. The second-order valence-corrected chi connectivity index (χ2v) is 7.40. The molecule has 0 aromatic heterocycles. The highest BCUT2D eigenvalue weighted by Crippen LogP contribution is 2.15. The number of benzene rings is 2. The number of ether oxygens (including phenoxy) is 1. The number of rotatable bonds is 7. The van der Waals surface area contributed by atoms with Gasteiger partial charge in [0.25, 0.3) is 5.91 Å². The molecular formula is C20H23NO4S. The van der Waals surface area contributed by atoms with Crippen LogP contribution in [0.15, 0.2) is 59.5 Å². The minimum Gasteiger partial charge on any atom is -0.449 e. The molecule has 0 heterocycles. The standard InChI is InChI=1S/C20H23NO4S/c1-14(16-9-5-4-6-10-16)13-21-19(22)15(2)25-20(23)17-11-7-8-12-18(17)26(3)24/h4-12,14-15H,13H2,1-3H3,(H,21,22)/t14-,15-,26+/m0/s1. The first kappa shape index (κ1) is 19.8. The van der Waals surface area contributed by atoms with E-state index in [0.29, 0.717) is 11.4 Å². The van der Waals surface area contributed by atoms with Crippen molar-refractivity contribution in [1.29, 1.82) is 0 Å². The molecule has 2 aromatic carbocycles. The van der Waals surface area contributed by atoms with Crippen molar-refractivity contribution in [2.75, 3.05) is 12.8 Å². The van der Waals surface area contributed by atoms with Gasteiger partial charge in [-0.2, -0.15) is 0 Å². The molecule has 5 nitrogen and oxygen atoms in total. The molecule has 0 saturated heterocycles. The molecule has 0 spiro atoms. The third-order valence-electron chi connectivity index (χ3n) is 4.02. The van der Waals surface area contributed by atoms with E-state index in [1.807, 2.05) is 37.3 Å². The van der Waals surface area contributed by atoms with Crippen LogP contribution in [0.3, 0.4) is 0 Å². The zero-order valence-corrected chi connectivity index (χ0v) is 15.9. The van der Waals surface area contributed by atoms with Crippen LogP contribution in [0.1, 0.15) is 35.7 Å². The largest absolute Gasteiger partial charge is 0.449 e. The van der Waals surface area contributed by atoms with Gasteiger partial charge in [0.15, 0.2) is 6.10 Å². The van der Waals surface area contributed by atoms with Crippen molar-refractivity contribution >= 4 is 22.7 Å². The van der Waals surface area contributed by atoms with Crippen LogP contribution in [0.2, 0.25) is 0 Å². The molecule has 2 rings (SSSR count). The zero-order chi connectivity index (χ0) is 19.1. The van der Waals surface area contributed by atoms with Crippen molar-refractivity contribution in [2.45, 2.75) is 30.8 Å². The number of amides is 1. The summed E-state index contributed by atoms with van der Waals surface area (Å²) in [5.41, 5.74) is 1.34. The van der Waals surface area contributed by atoms with E-state index in [1.54, 1.807) is 24.3 Å². The van der Waals surface area contributed by atoms with Gasteiger partial charge in [0, 0.05) is 12.8 Å². The molecule has 1 N–H and O–H groups in total. The predicted octanol–water partition coefficient (Wildman–Crippen LogP) is 2.89. The summed E-state index contributed by atoms with van der Waals surface area (Å²) in [6, 6.07) is 16.4. The fourth-order valence-electron chi connectivity index (χ4n) is 2.46. The summed E-state index contributed by atoms with van der Waals surface area (Å²) in [7, 11) is -1.32. The lowest BCUT2D eigenvalue weighted by Crippen LogP contribution is -2.37. The van der Waals surface area contributed by atoms with Crippen molar-refractivity contribution in [1.82, 2.24) is 5.32 Å². The summed E-state index contributed by atoms with van der Waals surface area (Å²) in [4.78, 5) is 24.9. The Balaban J connectivity index is 1.93. The van der Waals surface area contributed by atoms with E-state index in [0.717, 1.165) is 5.56 Å². The molecule has 0 unspecified atom stereocenters. The lowest BCUT2D eigenvalue weighted by molar-refractivity contribution is -0.129. The van der Waals surface area contributed by atoms with Gasteiger partial charge in [-0.05, 0) is 30.5 Å². The summed E-state index contributed by atoms with van der Waals surface area (Å²) in [5.74, 6) is -0.878. The Hall–Kier alpha value is -2.47. The summed E-state index contributed by atoms with van der Waals surface area (Å²) in [6.07, 6.45) is 0.552. The third kappa shape index (κ3) is 5.26. The van der Waals surface area contributed by atoms with Gasteiger partial charge in [0.1, 0.15) is 0 Å². The molecule has 138 valence electrons. The van der Waals surface area contributed by atoms with Crippen LogP contribution in [0.5, 0.6) is 0 Å². The van der Waals surface area contributed by atoms with E-state index in [1.165, 1.54) is 13.2 Å². The van der Waals surface area contributed by atoms with Crippen LogP contribution >= 0.6 is 0 Å². The topological polar surface area (TPSA) is 72.5 Å². The molecule has 3 atom stereocenters. The second-order valence-electron chi connectivity index (χ2n) is 6.05. The Bertz CT molecular complexity index is 791. The SMILES string of the molecule is C[C@H](OC(=O)c1ccccc1[S@@](C)=O)C(=O)NC[C@H](C)c1ccccc1. The van der Waals surface area contributed by atoms with Crippen molar-refractivity contribution < 1.29 is 18.5 Å². The Kier molecular flexibility index (Phi) is 7.09. The van der Waals surface area contributed by atoms with Gasteiger partial charge in [-0.3, -0.25) is 9.00 Å². The molecule has 2 aromatic rings. The maximum Gasteiger partial charge on any atom is 0.340 e. The van der Waals surface area contributed by atoms with E-state index in [4.69, 9.17) is 4.74 Å². The summed E-state index contributed by atoms with van der Waals surface area (Å²) < 4.78 is 17.0. The number of nitrogens with one attached hydrogen (secondary N) is 1. The predicted molar refractivity (Wildman–Crippen MR) is 102 cm³/mol. The first-order valence-electron chi connectivity index (χ1n) is 8.36. The molecular weight excluding hydrogens is 350 g/mol. The smallest absolute Gasteiger partial charge is 0.340 e. The second kappa shape index (κ2) is 9.29. The van der Waals surface area contributed by atoms with E-state index < -0.39 is 22.9 Å². The van der Waals surface area contributed by atoms with E-state index >= 15 is 0 Å². The van der Waals surface area contributed by atoms with Crippen molar-refractivity contribution in [3.8, 4) is 0 Å². The van der Waals surface area contributed by atoms with Crippen molar-refractivity contribution in [2.24, 2.45) is 0 Å². The summed E-state index contributed by atoms with van der Waals surface area (Å²) in [5, 5.41) is 2.80. The molecule has 0 aliphatic rings. The van der Waals surface area contributed by atoms with Gasteiger partial charge < -0.3 is 10.1 Å². The van der Waals surface area contributed by atoms with Crippen molar-refractivity contribution in [3.63, 3.8) is 0 Å². The first-order valence-corrected chi connectivity index (χ1v) is 9.92. The Morgan fingerprint density at radius 3 is 2.31 bits per heavy atom. The molecule has 0 fully saturated rings. The van der Waals surface area contributed by atoms with Crippen LogP contribution in [0.25, 0.3) is 0 Å². The molecule has 26 heavy (non-hydrogen) atoms. The molecule has 1 amide bonds. The molecule has 0 bridgehead atoms. The molecule has 0 saturated carbocycles. The fraction of sp³-hybridized carbons (Fsp3) is 0.300. The Morgan fingerprint density at radius 1 is 1.04 bits per heavy atom. The molecule has 0 aliphatic heterocycles. The maximum atomic E-state index is 12.3. The van der Waals surface area contributed by atoms with Crippen LogP contribution in [-0.4, -0.2) is 35.0 Å². The highest BCUT2D eigenvalue weighted by atomic mass is 32.2. The van der Waals surface area contributed by atoms with Crippen LogP contribution < -0.4 is 5.32 Å². The van der Waals surface area contributed by atoms with Gasteiger partial charge in [-0.15, -0.1) is 0 Å². The number of carbonyl (C=O) groups is 2. The van der Waals surface area contributed by atoms with E-state index in [9.17, 15) is 13.8 Å². The van der Waals surface area contributed by atoms with E-state index in [-0.39, 0.29) is 17.4 Å². The number of carbonyl (C=O) groups excluding carboxylic acids is 2. The average Bonchev–Trinajstić information content (AvgIpc) is 2.66.